The van der Waals surface area contributed by atoms with E-state index in [2.05, 4.69) is 10.2 Å². The van der Waals surface area contributed by atoms with Crippen LogP contribution in [0.15, 0.2) is 40.5 Å². The molecule has 1 atom stereocenters. The number of halogens is 3. The summed E-state index contributed by atoms with van der Waals surface area (Å²) in [6.07, 6.45) is -3.78. The van der Waals surface area contributed by atoms with E-state index in [0.29, 0.717) is 6.21 Å². The molecule has 0 saturated heterocycles. The maximum atomic E-state index is 12.7. The summed E-state index contributed by atoms with van der Waals surface area (Å²) >= 11 is 0. The number of alkyl halides is 3. The summed E-state index contributed by atoms with van der Waals surface area (Å²) in [5.74, 6) is -2.22. The summed E-state index contributed by atoms with van der Waals surface area (Å²) in [5, 5.41) is 6.35. The minimum absolute atomic E-state index is 0.0783. The summed E-state index contributed by atoms with van der Waals surface area (Å²) in [6, 6.07) is 7.38. The molecule has 0 aliphatic rings. The fraction of sp³-hybridized carbons (Fsp3) is 0.200. The van der Waals surface area contributed by atoms with Crippen LogP contribution in [-0.2, 0) is 0 Å². The van der Waals surface area contributed by atoms with Gasteiger partial charge in [-0.15, -0.1) is 5.10 Å². The molecule has 0 radical (unpaired) electrons. The third kappa shape index (κ3) is 4.13. The molecule has 0 aliphatic heterocycles. The number of benzene rings is 1. The normalized spacial score (nSPS) is 13.6. The summed E-state index contributed by atoms with van der Waals surface area (Å²) in [4.78, 5) is 0. The number of hydrogen-bond acceptors (Lipinski definition) is 2. The molecule has 0 saturated carbocycles. The Balaban J connectivity index is 2.99. The highest BCUT2D eigenvalue weighted by molar-refractivity contribution is 5.77. The number of hydrogen-bond donors (Lipinski definition) is 2. The molecular weight excluding hydrogens is 233 g/mol. The maximum Gasteiger partial charge on any atom is 0.400 e. The molecule has 0 aromatic heterocycles. The van der Waals surface area contributed by atoms with Crippen LogP contribution in [0, 0.1) is 0 Å². The fourth-order valence-electron chi connectivity index (χ4n) is 1.19. The Kier molecular flexibility index (Phi) is 4.08. The van der Waals surface area contributed by atoms with Crippen LogP contribution in [0.1, 0.15) is 11.5 Å². The van der Waals surface area contributed by atoms with Gasteiger partial charge in [-0.25, -0.2) is 0 Å². The van der Waals surface area contributed by atoms with Crippen LogP contribution in [0.3, 0.4) is 0 Å². The van der Waals surface area contributed by atoms with Crippen LogP contribution in [0.5, 0.6) is 0 Å². The Morgan fingerprint density at radius 2 is 1.76 bits per heavy atom. The van der Waals surface area contributed by atoms with Gasteiger partial charge in [0, 0.05) is 6.21 Å². The van der Waals surface area contributed by atoms with E-state index in [-0.39, 0.29) is 5.56 Å². The number of nitrogens with two attached hydrogens (primary N) is 2. The summed E-state index contributed by atoms with van der Waals surface area (Å²) in [6.45, 7) is 0. The summed E-state index contributed by atoms with van der Waals surface area (Å²) < 4.78 is 38.2. The lowest BCUT2D eigenvalue weighted by atomic mass is 10.0. The standard InChI is InChI=1S/C10H11F3N4/c11-10(12,13)8(6-16-17-9(14)15)7-4-2-1-3-5-7/h1-6,8H,(H4,14,15,17). The van der Waals surface area contributed by atoms with E-state index < -0.39 is 18.1 Å². The lowest BCUT2D eigenvalue weighted by Crippen LogP contribution is -2.23. The van der Waals surface area contributed by atoms with Gasteiger partial charge in [0.2, 0.25) is 5.96 Å². The van der Waals surface area contributed by atoms with Crippen molar-refractivity contribution in [2.24, 2.45) is 21.7 Å². The van der Waals surface area contributed by atoms with Crippen LogP contribution < -0.4 is 11.5 Å². The zero-order chi connectivity index (χ0) is 12.9. The van der Waals surface area contributed by atoms with E-state index in [4.69, 9.17) is 11.5 Å². The molecule has 0 amide bonds. The lowest BCUT2D eigenvalue weighted by Gasteiger charge is -2.15. The predicted molar refractivity (Wildman–Crippen MR) is 59.5 cm³/mol. The third-order valence-electron chi connectivity index (χ3n) is 1.90. The third-order valence-corrected chi connectivity index (χ3v) is 1.90. The van der Waals surface area contributed by atoms with Gasteiger partial charge in [0.1, 0.15) is 5.92 Å². The van der Waals surface area contributed by atoms with Gasteiger partial charge in [-0.05, 0) is 5.56 Å². The zero-order valence-electron chi connectivity index (χ0n) is 8.72. The van der Waals surface area contributed by atoms with Gasteiger partial charge in [-0.1, -0.05) is 30.3 Å². The molecule has 17 heavy (non-hydrogen) atoms. The molecule has 0 heterocycles. The second-order valence-electron chi connectivity index (χ2n) is 3.22. The van der Waals surface area contributed by atoms with E-state index >= 15 is 0 Å². The molecule has 0 bridgehead atoms. The first kappa shape index (κ1) is 13.0. The molecule has 92 valence electrons. The van der Waals surface area contributed by atoms with Gasteiger partial charge in [0.15, 0.2) is 0 Å². The van der Waals surface area contributed by atoms with Crippen molar-refractivity contribution in [1.29, 1.82) is 0 Å². The molecule has 7 heteroatoms. The highest BCUT2D eigenvalue weighted by atomic mass is 19.4. The first-order chi connectivity index (χ1) is 7.91. The summed E-state index contributed by atoms with van der Waals surface area (Å²) in [5.41, 5.74) is 10.00. The monoisotopic (exact) mass is 244 g/mol. The van der Waals surface area contributed by atoms with Gasteiger partial charge in [-0.3, -0.25) is 0 Å². The smallest absolute Gasteiger partial charge is 0.369 e. The minimum atomic E-state index is -4.44. The Labute approximate surface area is 95.8 Å². The molecule has 0 fully saturated rings. The van der Waals surface area contributed by atoms with Crippen LogP contribution in [0.4, 0.5) is 13.2 Å². The highest BCUT2D eigenvalue weighted by Gasteiger charge is 2.39. The van der Waals surface area contributed by atoms with E-state index in [1.54, 1.807) is 6.07 Å². The van der Waals surface area contributed by atoms with E-state index in [9.17, 15) is 13.2 Å². The van der Waals surface area contributed by atoms with Gasteiger partial charge >= 0.3 is 6.18 Å². The Morgan fingerprint density at radius 1 is 1.18 bits per heavy atom. The van der Waals surface area contributed by atoms with Gasteiger partial charge in [0.25, 0.3) is 0 Å². The van der Waals surface area contributed by atoms with Crippen LogP contribution >= 0.6 is 0 Å². The SMILES string of the molecule is NC(N)=NN=CC(c1ccccc1)C(F)(F)F. The van der Waals surface area contributed by atoms with Crippen molar-refractivity contribution in [3.63, 3.8) is 0 Å². The second kappa shape index (κ2) is 5.33. The quantitative estimate of drug-likeness (QED) is 0.481. The average Bonchev–Trinajstić information content (AvgIpc) is 2.23. The molecule has 0 aliphatic carbocycles. The van der Waals surface area contributed by atoms with E-state index in [1.807, 2.05) is 0 Å². The van der Waals surface area contributed by atoms with Crippen LogP contribution in [0.25, 0.3) is 0 Å². The van der Waals surface area contributed by atoms with Crippen molar-refractivity contribution in [3.8, 4) is 0 Å². The minimum Gasteiger partial charge on any atom is -0.369 e. The van der Waals surface area contributed by atoms with Gasteiger partial charge in [0.05, 0.1) is 0 Å². The number of guanidine groups is 1. The number of rotatable bonds is 3. The van der Waals surface area contributed by atoms with Crippen molar-refractivity contribution in [2.75, 3.05) is 0 Å². The fourth-order valence-corrected chi connectivity index (χ4v) is 1.19. The van der Waals surface area contributed by atoms with Crippen molar-refractivity contribution in [2.45, 2.75) is 12.1 Å². The first-order valence-corrected chi connectivity index (χ1v) is 4.65. The van der Waals surface area contributed by atoms with Crippen molar-refractivity contribution >= 4 is 12.2 Å². The Bertz CT molecular complexity index is 407. The largest absolute Gasteiger partial charge is 0.400 e. The molecule has 4 N–H and O–H groups in total. The molecule has 1 aromatic carbocycles. The molecule has 0 spiro atoms. The highest BCUT2D eigenvalue weighted by Crippen LogP contribution is 2.33. The van der Waals surface area contributed by atoms with Crippen molar-refractivity contribution in [3.05, 3.63) is 35.9 Å². The first-order valence-electron chi connectivity index (χ1n) is 4.65. The van der Waals surface area contributed by atoms with E-state index in [0.717, 1.165) is 0 Å². The molecule has 1 unspecified atom stereocenters. The second-order valence-corrected chi connectivity index (χ2v) is 3.22. The Hall–Kier alpha value is -2.05. The zero-order valence-corrected chi connectivity index (χ0v) is 8.72. The van der Waals surface area contributed by atoms with Gasteiger partial charge in [-0.2, -0.15) is 18.3 Å². The summed E-state index contributed by atoms with van der Waals surface area (Å²) in [7, 11) is 0. The van der Waals surface area contributed by atoms with Crippen molar-refractivity contribution in [1.82, 2.24) is 0 Å². The van der Waals surface area contributed by atoms with Crippen LogP contribution in [-0.4, -0.2) is 18.4 Å². The van der Waals surface area contributed by atoms with Gasteiger partial charge < -0.3 is 11.5 Å². The molecule has 1 aromatic rings. The topological polar surface area (TPSA) is 76.8 Å². The molecular formula is C10H11F3N4. The average molecular weight is 244 g/mol. The van der Waals surface area contributed by atoms with Crippen LogP contribution in [0.2, 0.25) is 0 Å². The maximum absolute atomic E-state index is 12.7. The molecule has 1 rings (SSSR count). The Morgan fingerprint density at radius 3 is 2.24 bits per heavy atom. The van der Waals surface area contributed by atoms with Crippen molar-refractivity contribution < 1.29 is 13.2 Å². The molecule has 4 nitrogen and oxygen atoms in total. The number of nitrogens with zero attached hydrogens (tertiary/aromatic N) is 2. The predicted octanol–water partition coefficient (Wildman–Crippen LogP) is 1.59. The lowest BCUT2D eigenvalue weighted by molar-refractivity contribution is -0.134. The van der Waals surface area contributed by atoms with E-state index in [1.165, 1.54) is 24.3 Å².